The molecule has 1 amide bonds. The van der Waals surface area contributed by atoms with Gasteiger partial charge in [0.25, 0.3) is 5.91 Å². The van der Waals surface area contributed by atoms with Crippen LogP contribution in [0.25, 0.3) is 0 Å². The van der Waals surface area contributed by atoms with Crippen LogP contribution in [-0.2, 0) is 7.05 Å². The number of aryl methyl sites for hydroxylation is 1. The van der Waals surface area contributed by atoms with Crippen LogP contribution in [0.4, 0.5) is 0 Å². The highest BCUT2D eigenvalue weighted by Crippen LogP contribution is 2.41. The summed E-state index contributed by atoms with van der Waals surface area (Å²) in [6, 6.07) is 0. The van der Waals surface area contributed by atoms with Gasteiger partial charge in [0.1, 0.15) is 0 Å². The van der Waals surface area contributed by atoms with Crippen LogP contribution in [-0.4, -0.2) is 21.6 Å². The molecule has 1 heterocycles. The Morgan fingerprint density at radius 2 is 2.27 bits per heavy atom. The summed E-state index contributed by atoms with van der Waals surface area (Å²) in [5.74, 6) is -0.193. The lowest BCUT2D eigenvalue weighted by atomic mass is 10.1. The van der Waals surface area contributed by atoms with Crippen molar-refractivity contribution >= 4 is 11.9 Å². The van der Waals surface area contributed by atoms with Gasteiger partial charge in [0.2, 0.25) is 0 Å². The van der Waals surface area contributed by atoms with Gasteiger partial charge in [-0.2, -0.15) is 10.1 Å². The van der Waals surface area contributed by atoms with E-state index in [0.29, 0.717) is 11.5 Å². The Balaban J connectivity index is 2.35. The van der Waals surface area contributed by atoms with Crippen LogP contribution in [0.3, 0.4) is 0 Å². The van der Waals surface area contributed by atoms with Gasteiger partial charge >= 0.3 is 0 Å². The van der Waals surface area contributed by atoms with Crippen molar-refractivity contribution in [3.8, 4) is 0 Å². The number of aromatic nitrogens is 2. The van der Waals surface area contributed by atoms with Gasteiger partial charge in [-0.25, -0.2) is 0 Å². The Hall–Kier alpha value is -1.85. The first-order valence-corrected chi connectivity index (χ1v) is 4.75. The molecule has 0 aromatic carbocycles. The number of rotatable bonds is 2. The molecule has 1 aliphatic rings. The number of nitrogens with two attached hydrogens (primary N) is 2. The van der Waals surface area contributed by atoms with E-state index in [1.54, 1.807) is 4.68 Å². The molecule has 0 spiro atoms. The zero-order valence-electron chi connectivity index (χ0n) is 8.47. The first kappa shape index (κ1) is 9.70. The number of guanidine groups is 1. The molecule has 2 rings (SSSR count). The Kier molecular flexibility index (Phi) is 2.18. The van der Waals surface area contributed by atoms with Crippen molar-refractivity contribution < 1.29 is 4.79 Å². The molecule has 1 aromatic heterocycles. The van der Waals surface area contributed by atoms with Crippen molar-refractivity contribution in [2.75, 3.05) is 0 Å². The molecular weight excluding hydrogens is 194 g/mol. The van der Waals surface area contributed by atoms with Crippen molar-refractivity contribution in [3.63, 3.8) is 0 Å². The number of hydrogen-bond donors (Lipinski definition) is 2. The van der Waals surface area contributed by atoms with E-state index in [4.69, 9.17) is 11.5 Å². The Morgan fingerprint density at radius 3 is 2.80 bits per heavy atom. The van der Waals surface area contributed by atoms with Gasteiger partial charge in [0.15, 0.2) is 5.96 Å². The summed E-state index contributed by atoms with van der Waals surface area (Å²) < 4.78 is 1.72. The number of carbonyl (C=O) groups is 1. The summed E-state index contributed by atoms with van der Waals surface area (Å²) in [5.41, 5.74) is 11.8. The van der Waals surface area contributed by atoms with E-state index in [2.05, 4.69) is 10.1 Å². The molecule has 15 heavy (non-hydrogen) atoms. The SMILES string of the molecule is Cn1ncc(C(=O)N=C(N)N)c1C1CC1. The average Bonchev–Trinajstić information content (AvgIpc) is 2.89. The standard InChI is InChI=1S/C9H13N5O/c1-14-7(5-2-3-5)6(4-12-14)8(15)13-9(10)11/h4-5H,2-3H2,1H3,(H4,10,11,13,15). The Bertz CT molecular complexity index is 426. The maximum atomic E-state index is 11.6. The largest absolute Gasteiger partial charge is 0.370 e. The first-order chi connectivity index (χ1) is 7.09. The fourth-order valence-corrected chi connectivity index (χ4v) is 1.63. The van der Waals surface area contributed by atoms with Crippen LogP contribution < -0.4 is 11.5 Å². The predicted molar refractivity (Wildman–Crippen MR) is 55.3 cm³/mol. The van der Waals surface area contributed by atoms with E-state index in [1.165, 1.54) is 6.20 Å². The Morgan fingerprint density at radius 1 is 1.60 bits per heavy atom. The molecule has 1 aliphatic carbocycles. The maximum Gasteiger partial charge on any atom is 0.283 e. The molecular formula is C9H13N5O. The lowest BCUT2D eigenvalue weighted by Crippen LogP contribution is -2.24. The molecule has 0 unspecified atom stereocenters. The van der Waals surface area contributed by atoms with Crippen LogP contribution in [0.2, 0.25) is 0 Å². The van der Waals surface area contributed by atoms with Crippen LogP contribution in [0.15, 0.2) is 11.2 Å². The third-order valence-electron chi connectivity index (χ3n) is 2.41. The zero-order valence-corrected chi connectivity index (χ0v) is 8.47. The minimum Gasteiger partial charge on any atom is -0.370 e. The highest BCUT2D eigenvalue weighted by Gasteiger charge is 2.31. The second-order valence-corrected chi connectivity index (χ2v) is 3.68. The molecule has 1 aromatic rings. The van der Waals surface area contributed by atoms with E-state index in [1.807, 2.05) is 7.05 Å². The molecule has 6 nitrogen and oxygen atoms in total. The van der Waals surface area contributed by atoms with Gasteiger partial charge < -0.3 is 11.5 Å². The van der Waals surface area contributed by atoms with E-state index in [-0.39, 0.29) is 5.96 Å². The van der Waals surface area contributed by atoms with Crippen molar-refractivity contribution in [3.05, 3.63) is 17.5 Å². The van der Waals surface area contributed by atoms with Crippen molar-refractivity contribution in [1.29, 1.82) is 0 Å². The van der Waals surface area contributed by atoms with Crippen LogP contribution in [0.5, 0.6) is 0 Å². The quantitative estimate of drug-likeness (QED) is 0.514. The highest BCUT2D eigenvalue weighted by molar-refractivity contribution is 6.02. The molecule has 0 atom stereocenters. The predicted octanol–water partition coefficient (Wildman–Crippen LogP) is -0.289. The van der Waals surface area contributed by atoms with E-state index >= 15 is 0 Å². The fourth-order valence-electron chi connectivity index (χ4n) is 1.63. The Labute approximate surface area is 87.0 Å². The van der Waals surface area contributed by atoms with Crippen molar-refractivity contribution in [2.24, 2.45) is 23.5 Å². The molecule has 1 fully saturated rings. The summed E-state index contributed by atoms with van der Waals surface area (Å²) in [7, 11) is 1.82. The second kappa shape index (κ2) is 3.38. The lowest BCUT2D eigenvalue weighted by molar-refractivity contribution is 0.100. The van der Waals surface area contributed by atoms with E-state index in [0.717, 1.165) is 18.5 Å². The minimum absolute atomic E-state index is 0.217. The number of hydrogen-bond acceptors (Lipinski definition) is 2. The average molecular weight is 207 g/mol. The smallest absolute Gasteiger partial charge is 0.283 e. The first-order valence-electron chi connectivity index (χ1n) is 4.75. The fraction of sp³-hybridized carbons (Fsp3) is 0.444. The number of carbonyl (C=O) groups excluding carboxylic acids is 1. The van der Waals surface area contributed by atoms with Crippen LogP contribution >= 0.6 is 0 Å². The summed E-state index contributed by atoms with van der Waals surface area (Å²) >= 11 is 0. The maximum absolute atomic E-state index is 11.6. The monoisotopic (exact) mass is 207 g/mol. The molecule has 6 heteroatoms. The van der Waals surface area contributed by atoms with Crippen molar-refractivity contribution in [1.82, 2.24) is 9.78 Å². The molecule has 0 radical (unpaired) electrons. The lowest BCUT2D eigenvalue weighted by Gasteiger charge is -2.00. The summed E-state index contributed by atoms with van der Waals surface area (Å²) in [6.45, 7) is 0. The normalized spacial score (nSPS) is 15.0. The van der Waals surface area contributed by atoms with E-state index in [9.17, 15) is 4.79 Å². The van der Waals surface area contributed by atoms with Gasteiger partial charge in [0.05, 0.1) is 17.5 Å². The van der Waals surface area contributed by atoms with Crippen LogP contribution in [0, 0.1) is 0 Å². The van der Waals surface area contributed by atoms with Gasteiger partial charge in [-0.3, -0.25) is 9.48 Å². The molecule has 0 saturated heterocycles. The summed E-state index contributed by atoms with van der Waals surface area (Å²) in [6.07, 6.45) is 3.71. The molecule has 0 bridgehead atoms. The van der Waals surface area contributed by atoms with Crippen molar-refractivity contribution in [2.45, 2.75) is 18.8 Å². The molecule has 0 aliphatic heterocycles. The van der Waals surface area contributed by atoms with Gasteiger partial charge in [-0.15, -0.1) is 0 Å². The highest BCUT2D eigenvalue weighted by atomic mass is 16.1. The van der Waals surface area contributed by atoms with Gasteiger partial charge in [0, 0.05) is 13.0 Å². The topological polar surface area (TPSA) is 99.3 Å². The van der Waals surface area contributed by atoms with Crippen LogP contribution in [0.1, 0.15) is 34.8 Å². The number of amides is 1. The van der Waals surface area contributed by atoms with E-state index < -0.39 is 5.91 Å². The second-order valence-electron chi connectivity index (χ2n) is 3.68. The molecule has 1 saturated carbocycles. The van der Waals surface area contributed by atoms with Gasteiger partial charge in [-0.05, 0) is 12.8 Å². The zero-order chi connectivity index (χ0) is 11.0. The number of aliphatic imine (C=N–C) groups is 1. The minimum atomic E-state index is -0.412. The summed E-state index contributed by atoms with van der Waals surface area (Å²) in [5, 5.41) is 4.05. The molecule has 80 valence electrons. The number of nitrogens with zero attached hydrogens (tertiary/aromatic N) is 3. The van der Waals surface area contributed by atoms with Gasteiger partial charge in [-0.1, -0.05) is 0 Å². The molecule has 4 N–H and O–H groups in total. The summed E-state index contributed by atoms with van der Waals surface area (Å²) in [4.78, 5) is 15.1. The third kappa shape index (κ3) is 1.83. The third-order valence-corrected chi connectivity index (χ3v) is 2.41.